The number of rotatable bonds is 11. The maximum absolute atomic E-state index is 12.1. The quantitative estimate of drug-likeness (QED) is 0.148. The number of aliphatic imine (C=N–C) groups is 1. The van der Waals surface area contributed by atoms with Crippen molar-refractivity contribution in [3.63, 3.8) is 0 Å². The zero-order valence-electron chi connectivity index (χ0n) is 15.7. The van der Waals surface area contributed by atoms with Gasteiger partial charge in [0.1, 0.15) is 5.75 Å². The molecule has 0 heterocycles. The maximum Gasteiger partial charge on any atom is 0.387 e. The lowest BCUT2D eigenvalue weighted by molar-refractivity contribution is -0.0498. The lowest BCUT2D eigenvalue weighted by Gasteiger charge is -2.14. The summed E-state index contributed by atoms with van der Waals surface area (Å²) in [7, 11) is -3.20. The predicted octanol–water partition coefficient (Wildman–Crippen LogP) is 1.43. The fraction of sp³-hybridized carbons (Fsp3) is 0.562. The van der Waals surface area contributed by atoms with Gasteiger partial charge in [0.05, 0.1) is 18.9 Å². The number of sulfonamides is 1. The van der Waals surface area contributed by atoms with Gasteiger partial charge in [-0.3, -0.25) is 4.99 Å². The number of guanidine groups is 1. The molecule has 0 fully saturated rings. The van der Waals surface area contributed by atoms with Gasteiger partial charge >= 0.3 is 6.61 Å². The van der Waals surface area contributed by atoms with Crippen molar-refractivity contribution in [3.05, 3.63) is 29.8 Å². The number of ether oxygens (including phenoxy) is 1. The molecule has 0 bridgehead atoms. The molecule has 0 saturated carbocycles. The number of alkyl halides is 2. The molecule has 0 saturated heterocycles. The summed E-state index contributed by atoms with van der Waals surface area (Å²) < 4.78 is 52.9. The fourth-order valence-electron chi connectivity index (χ4n) is 2.05. The number of benzene rings is 1. The molecule has 1 unspecified atom stereocenters. The Morgan fingerprint density at radius 2 is 1.86 bits per heavy atom. The standard InChI is InChI=1S/C16H26F2N4O4S.HI/c1-3-19-16(20-9-4-10-22-27(2,24)25)21-11-14(23)12-5-7-13(8-6-12)26-15(17)18;/h5-8,14-15,22-23H,3-4,9-11H2,1-2H3,(H2,19,20,21);1H. The molecule has 4 N–H and O–H groups in total. The van der Waals surface area contributed by atoms with Gasteiger partial charge in [-0.25, -0.2) is 13.1 Å². The van der Waals surface area contributed by atoms with E-state index in [0.717, 1.165) is 6.26 Å². The van der Waals surface area contributed by atoms with Crippen LogP contribution in [0.1, 0.15) is 25.0 Å². The van der Waals surface area contributed by atoms with Gasteiger partial charge in [0, 0.05) is 19.6 Å². The topological polar surface area (TPSA) is 112 Å². The second-order valence-corrected chi connectivity index (χ2v) is 7.46. The van der Waals surface area contributed by atoms with E-state index in [0.29, 0.717) is 37.6 Å². The molecule has 0 aromatic heterocycles. The highest BCUT2D eigenvalue weighted by atomic mass is 127. The fourth-order valence-corrected chi connectivity index (χ4v) is 2.56. The van der Waals surface area contributed by atoms with Gasteiger partial charge in [0.25, 0.3) is 0 Å². The highest BCUT2D eigenvalue weighted by Gasteiger charge is 2.09. The van der Waals surface area contributed by atoms with Crippen molar-refractivity contribution in [2.75, 3.05) is 32.4 Å². The normalized spacial score (nSPS) is 13.0. The van der Waals surface area contributed by atoms with E-state index in [2.05, 4.69) is 25.1 Å². The molecule has 162 valence electrons. The highest BCUT2D eigenvalue weighted by Crippen LogP contribution is 2.19. The Balaban J connectivity index is 0.00000729. The van der Waals surface area contributed by atoms with Crippen molar-refractivity contribution in [1.29, 1.82) is 0 Å². The first-order valence-electron chi connectivity index (χ1n) is 8.41. The summed E-state index contributed by atoms with van der Waals surface area (Å²) in [6.45, 7) is 0.465. The summed E-state index contributed by atoms with van der Waals surface area (Å²) >= 11 is 0. The number of hydrogen-bond donors (Lipinski definition) is 4. The Labute approximate surface area is 181 Å². The number of aliphatic hydroxyl groups is 1. The third-order valence-electron chi connectivity index (χ3n) is 3.27. The van der Waals surface area contributed by atoms with Crippen LogP contribution in [0.5, 0.6) is 5.75 Å². The molecule has 0 aliphatic rings. The van der Waals surface area contributed by atoms with Crippen LogP contribution in [0.2, 0.25) is 0 Å². The van der Waals surface area contributed by atoms with E-state index in [4.69, 9.17) is 0 Å². The van der Waals surface area contributed by atoms with Crippen LogP contribution in [0.15, 0.2) is 29.3 Å². The first-order valence-corrected chi connectivity index (χ1v) is 10.3. The van der Waals surface area contributed by atoms with Crippen LogP contribution >= 0.6 is 24.0 Å². The number of hydrogen-bond acceptors (Lipinski definition) is 5. The van der Waals surface area contributed by atoms with Gasteiger partial charge < -0.3 is 20.5 Å². The van der Waals surface area contributed by atoms with Gasteiger partial charge in [-0.05, 0) is 31.0 Å². The number of nitrogens with one attached hydrogen (secondary N) is 3. The molecule has 0 aliphatic heterocycles. The van der Waals surface area contributed by atoms with Crippen molar-refractivity contribution < 1.29 is 27.0 Å². The first kappa shape index (κ1) is 26.8. The van der Waals surface area contributed by atoms with E-state index in [1.807, 2.05) is 6.92 Å². The van der Waals surface area contributed by atoms with E-state index in [1.165, 1.54) is 24.3 Å². The third-order valence-corrected chi connectivity index (χ3v) is 4.00. The van der Waals surface area contributed by atoms with Gasteiger partial charge in [-0.2, -0.15) is 8.78 Å². The molecule has 1 aromatic rings. The summed E-state index contributed by atoms with van der Waals surface area (Å²) in [5.41, 5.74) is 0.522. The Hall–Kier alpha value is -1.25. The van der Waals surface area contributed by atoms with E-state index in [9.17, 15) is 22.3 Å². The lowest BCUT2D eigenvalue weighted by atomic mass is 10.1. The van der Waals surface area contributed by atoms with Crippen LogP contribution in [0.4, 0.5) is 8.78 Å². The van der Waals surface area contributed by atoms with Crippen LogP contribution in [0, 0.1) is 0 Å². The van der Waals surface area contributed by atoms with Crippen LogP contribution in [0.25, 0.3) is 0 Å². The largest absolute Gasteiger partial charge is 0.435 e. The van der Waals surface area contributed by atoms with E-state index in [-0.39, 0.29) is 36.3 Å². The van der Waals surface area contributed by atoms with Gasteiger partial charge in [0.15, 0.2) is 5.96 Å². The van der Waals surface area contributed by atoms with E-state index >= 15 is 0 Å². The maximum atomic E-state index is 12.1. The summed E-state index contributed by atoms with van der Waals surface area (Å²) in [6, 6.07) is 5.70. The lowest BCUT2D eigenvalue weighted by Crippen LogP contribution is -2.39. The van der Waals surface area contributed by atoms with Crippen LogP contribution in [0.3, 0.4) is 0 Å². The first-order chi connectivity index (χ1) is 12.7. The summed E-state index contributed by atoms with van der Waals surface area (Å²) in [5.74, 6) is 0.496. The summed E-state index contributed by atoms with van der Waals surface area (Å²) in [4.78, 5) is 4.26. The molecule has 8 nitrogen and oxygen atoms in total. The van der Waals surface area contributed by atoms with Gasteiger partial charge in [-0.1, -0.05) is 12.1 Å². The van der Waals surface area contributed by atoms with Crippen molar-refractivity contribution in [2.24, 2.45) is 4.99 Å². The zero-order chi connectivity index (χ0) is 20.3. The molecule has 1 aromatic carbocycles. The number of aliphatic hydroxyl groups excluding tert-OH is 1. The molecule has 0 aliphatic carbocycles. The SMILES string of the molecule is CCNC(=NCC(O)c1ccc(OC(F)F)cc1)NCCCNS(C)(=O)=O.I. The van der Waals surface area contributed by atoms with Crippen molar-refractivity contribution in [1.82, 2.24) is 15.4 Å². The van der Waals surface area contributed by atoms with Crippen LogP contribution < -0.4 is 20.1 Å². The molecular weight excluding hydrogens is 509 g/mol. The Kier molecular flexibility index (Phi) is 13.2. The van der Waals surface area contributed by atoms with Crippen LogP contribution in [-0.2, 0) is 10.0 Å². The molecule has 1 rings (SSSR count). The summed E-state index contributed by atoms with van der Waals surface area (Å²) in [6.07, 6.45) is 0.749. The highest BCUT2D eigenvalue weighted by molar-refractivity contribution is 14.0. The molecular formula is C16H27F2IN4O4S. The van der Waals surface area contributed by atoms with Crippen molar-refractivity contribution >= 4 is 40.0 Å². The monoisotopic (exact) mass is 536 g/mol. The van der Waals surface area contributed by atoms with Gasteiger partial charge in [-0.15, -0.1) is 24.0 Å². The van der Waals surface area contributed by atoms with E-state index in [1.54, 1.807) is 0 Å². The zero-order valence-corrected chi connectivity index (χ0v) is 18.8. The molecule has 0 amide bonds. The molecule has 12 heteroatoms. The smallest absolute Gasteiger partial charge is 0.387 e. The average molecular weight is 536 g/mol. The second kappa shape index (κ2) is 13.8. The minimum absolute atomic E-state index is 0. The Bertz CT molecular complexity index is 690. The number of nitrogens with zero attached hydrogens (tertiary/aromatic N) is 1. The van der Waals surface area contributed by atoms with E-state index < -0.39 is 22.7 Å². The minimum Gasteiger partial charge on any atom is -0.435 e. The third kappa shape index (κ3) is 12.3. The minimum atomic E-state index is -3.20. The number of halogens is 3. The Morgan fingerprint density at radius 1 is 1.21 bits per heavy atom. The summed E-state index contributed by atoms with van der Waals surface area (Å²) in [5, 5.41) is 16.2. The van der Waals surface area contributed by atoms with Gasteiger partial charge in [0.2, 0.25) is 10.0 Å². The second-order valence-electron chi connectivity index (χ2n) is 5.63. The molecule has 0 spiro atoms. The van der Waals surface area contributed by atoms with Crippen LogP contribution in [-0.4, -0.2) is 58.5 Å². The predicted molar refractivity (Wildman–Crippen MR) is 115 cm³/mol. The average Bonchev–Trinajstić information content (AvgIpc) is 2.58. The molecule has 28 heavy (non-hydrogen) atoms. The Morgan fingerprint density at radius 3 is 2.39 bits per heavy atom. The van der Waals surface area contributed by atoms with Crippen molar-refractivity contribution in [3.8, 4) is 5.75 Å². The van der Waals surface area contributed by atoms with Crippen molar-refractivity contribution in [2.45, 2.75) is 26.1 Å². The molecule has 0 radical (unpaired) electrons. The molecule has 1 atom stereocenters.